The van der Waals surface area contributed by atoms with Gasteiger partial charge in [-0.15, -0.1) is 5.10 Å². The van der Waals surface area contributed by atoms with Crippen LogP contribution in [0.3, 0.4) is 0 Å². The molecule has 2 rings (SSSR count). The normalized spacial score (nSPS) is 31.0. The van der Waals surface area contributed by atoms with E-state index in [1.165, 1.54) is 12.1 Å². The van der Waals surface area contributed by atoms with Crippen molar-refractivity contribution in [3.63, 3.8) is 0 Å². The van der Waals surface area contributed by atoms with Crippen molar-refractivity contribution in [3.05, 3.63) is 11.9 Å². The van der Waals surface area contributed by atoms with Gasteiger partial charge >= 0.3 is 0 Å². The fraction of sp³-hybridized carbons (Fsp3) is 0.818. The highest BCUT2D eigenvalue weighted by Crippen LogP contribution is 2.38. The van der Waals surface area contributed by atoms with Gasteiger partial charge in [-0.25, -0.2) is 4.68 Å². The summed E-state index contributed by atoms with van der Waals surface area (Å²) in [5.41, 5.74) is 7.32. The molecule has 0 aromatic carbocycles. The zero-order valence-corrected chi connectivity index (χ0v) is 9.56. The van der Waals surface area contributed by atoms with Crippen molar-refractivity contribution in [2.24, 2.45) is 11.7 Å². The maximum absolute atomic E-state index is 6.05. The number of hydrogen-bond acceptors (Lipinski definition) is 3. The van der Waals surface area contributed by atoms with Crippen LogP contribution in [0.1, 0.15) is 44.7 Å². The van der Waals surface area contributed by atoms with Gasteiger partial charge in [-0.05, 0) is 25.2 Å². The summed E-state index contributed by atoms with van der Waals surface area (Å²) in [6, 6.07) is 0.347. The lowest BCUT2D eigenvalue weighted by Crippen LogP contribution is -2.25. The second-order valence-corrected chi connectivity index (χ2v) is 4.59. The zero-order valence-electron chi connectivity index (χ0n) is 9.56. The number of rotatable bonds is 3. The van der Waals surface area contributed by atoms with E-state index in [0.717, 1.165) is 19.4 Å². The number of nitrogens with two attached hydrogens (primary N) is 1. The van der Waals surface area contributed by atoms with Crippen molar-refractivity contribution in [1.82, 2.24) is 15.0 Å². The predicted molar refractivity (Wildman–Crippen MR) is 59.4 cm³/mol. The molecule has 15 heavy (non-hydrogen) atoms. The van der Waals surface area contributed by atoms with Crippen molar-refractivity contribution < 1.29 is 0 Å². The van der Waals surface area contributed by atoms with Gasteiger partial charge in [0.1, 0.15) is 0 Å². The van der Waals surface area contributed by atoms with Crippen LogP contribution in [0.5, 0.6) is 0 Å². The standard InChI is InChI=1S/C11H20N4/c1-3-6-15-11(7-13-14-15)9-4-5-10(12)8(9)2/h7-10H,3-6,12H2,1-2H3. The molecule has 1 aromatic rings. The maximum atomic E-state index is 6.05. The van der Waals surface area contributed by atoms with Crippen molar-refractivity contribution in [2.75, 3.05) is 0 Å². The zero-order chi connectivity index (χ0) is 10.8. The van der Waals surface area contributed by atoms with Crippen LogP contribution in [0.15, 0.2) is 6.20 Å². The van der Waals surface area contributed by atoms with E-state index in [2.05, 4.69) is 24.2 Å². The lowest BCUT2D eigenvalue weighted by Gasteiger charge is -2.18. The third kappa shape index (κ3) is 1.91. The van der Waals surface area contributed by atoms with Crippen LogP contribution in [-0.2, 0) is 6.54 Å². The average Bonchev–Trinajstić information content (AvgIpc) is 2.77. The minimum atomic E-state index is 0.347. The summed E-state index contributed by atoms with van der Waals surface area (Å²) in [6.45, 7) is 5.37. The highest BCUT2D eigenvalue weighted by molar-refractivity contribution is 5.09. The molecule has 1 fully saturated rings. The largest absolute Gasteiger partial charge is 0.327 e. The summed E-state index contributed by atoms with van der Waals surface area (Å²) in [5.74, 6) is 1.11. The first-order valence-electron chi connectivity index (χ1n) is 5.88. The summed E-state index contributed by atoms with van der Waals surface area (Å²) < 4.78 is 2.04. The fourth-order valence-corrected chi connectivity index (χ4v) is 2.55. The fourth-order valence-electron chi connectivity index (χ4n) is 2.55. The van der Waals surface area contributed by atoms with Gasteiger partial charge in [-0.1, -0.05) is 19.1 Å². The molecule has 0 spiro atoms. The third-order valence-electron chi connectivity index (χ3n) is 3.58. The van der Waals surface area contributed by atoms with E-state index < -0.39 is 0 Å². The molecular formula is C11H20N4. The van der Waals surface area contributed by atoms with Gasteiger partial charge in [0, 0.05) is 18.5 Å². The third-order valence-corrected chi connectivity index (χ3v) is 3.58. The quantitative estimate of drug-likeness (QED) is 0.819. The Hall–Kier alpha value is -0.900. The van der Waals surface area contributed by atoms with Crippen LogP contribution < -0.4 is 5.73 Å². The molecule has 0 amide bonds. The van der Waals surface area contributed by atoms with Crippen molar-refractivity contribution in [3.8, 4) is 0 Å². The molecule has 3 atom stereocenters. The number of hydrogen-bond donors (Lipinski definition) is 1. The van der Waals surface area contributed by atoms with Crippen molar-refractivity contribution >= 4 is 0 Å². The molecule has 3 unspecified atom stereocenters. The molecule has 84 valence electrons. The van der Waals surface area contributed by atoms with Crippen LogP contribution in [0, 0.1) is 5.92 Å². The average molecular weight is 208 g/mol. The first kappa shape index (κ1) is 10.6. The topological polar surface area (TPSA) is 56.7 Å². The first-order chi connectivity index (χ1) is 7.24. The van der Waals surface area contributed by atoms with E-state index in [-0.39, 0.29) is 0 Å². The van der Waals surface area contributed by atoms with Gasteiger partial charge in [0.05, 0.1) is 11.9 Å². The summed E-state index contributed by atoms with van der Waals surface area (Å²) in [7, 11) is 0. The Kier molecular flexibility index (Phi) is 3.05. The molecule has 0 aliphatic heterocycles. The van der Waals surface area contributed by atoms with E-state index in [9.17, 15) is 0 Å². The molecule has 2 N–H and O–H groups in total. The highest BCUT2D eigenvalue weighted by atomic mass is 15.4. The van der Waals surface area contributed by atoms with Crippen LogP contribution in [0.25, 0.3) is 0 Å². The lowest BCUT2D eigenvalue weighted by molar-refractivity contribution is 0.442. The lowest BCUT2D eigenvalue weighted by atomic mass is 9.93. The molecule has 1 aliphatic carbocycles. The summed E-state index contributed by atoms with van der Waals surface area (Å²) >= 11 is 0. The molecule has 1 aliphatic rings. The van der Waals surface area contributed by atoms with E-state index in [0.29, 0.717) is 17.9 Å². The molecule has 1 heterocycles. The molecule has 0 saturated heterocycles. The van der Waals surface area contributed by atoms with Gasteiger partial charge in [0.25, 0.3) is 0 Å². The van der Waals surface area contributed by atoms with Crippen molar-refractivity contribution in [2.45, 2.75) is 51.6 Å². The van der Waals surface area contributed by atoms with Gasteiger partial charge < -0.3 is 5.73 Å². The minimum absolute atomic E-state index is 0.347. The number of nitrogens with zero attached hydrogens (tertiary/aromatic N) is 3. The van der Waals surface area contributed by atoms with Crippen LogP contribution in [0.2, 0.25) is 0 Å². The Bertz CT molecular complexity index is 320. The number of aryl methyl sites for hydroxylation is 1. The smallest absolute Gasteiger partial charge is 0.0728 e. The summed E-state index contributed by atoms with van der Waals surface area (Å²) in [5, 5.41) is 8.15. The SMILES string of the molecule is CCCn1nncc1C1CCC(N)C1C. The van der Waals surface area contributed by atoms with Crippen LogP contribution in [-0.4, -0.2) is 21.0 Å². The molecule has 0 bridgehead atoms. The molecule has 1 aromatic heterocycles. The van der Waals surface area contributed by atoms with Gasteiger partial charge in [-0.3, -0.25) is 0 Å². The molecule has 4 nitrogen and oxygen atoms in total. The Morgan fingerprint density at radius 2 is 2.33 bits per heavy atom. The van der Waals surface area contributed by atoms with Crippen LogP contribution >= 0.6 is 0 Å². The molecule has 4 heteroatoms. The molecule has 0 radical (unpaired) electrons. The Morgan fingerprint density at radius 1 is 1.53 bits per heavy atom. The second-order valence-electron chi connectivity index (χ2n) is 4.59. The minimum Gasteiger partial charge on any atom is -0.327 e. The second kappa shape index (κ2) is 4.31. The van der Waals surface area contributed by atoms with Gasteiger partial charge in [-0.2, -0.15) is 0 Å². The van der Waals surface area contributed by atoms with E-state index in [4.69, 9.17) is 5.73 Å². The molecular weight excluding hydrogens is 188 g/mol. The first-order valence-corrected chi connectivity index (χ1v) is 5.88. The van der Waals surface area contributed by atoms with Gasteiger partial charge in [0.2, 0.25) is 0 Å². The predicted octanol–water partition coefficient (Wildman–Crippen LogP) is 1.53. The number of aromatic nitrogens is 3. The van der Waals surface area contributed by atoms with E-state index in [1.807, 2.05) is 10.9 Å². The Labute approximate surface area is 90.8 Å². The van der Waals surface area contributed by atoms with Crippen LogP contribution in [0.4, 0.5) is 0 Å². The monoisotopic (exact) mass is 208 g/mol. The van der Waals surface area contributed by atoms with E-state index >= 15 is 0 Å². The van der Waals surface area contributed by atoms with Gasteiger partial charge in [0.15, 0.2) is 0 Å². The Morgan fingerprint density at radius 3 is 2.93 bits per heavy atom. The van der Waals surface area contributed by atoms with Crippen molar-refractivity contribution in [1.29, 1.82) is 0 Å². The summed E-state index contributed by atoms with van der Waals surface area (Å²) in [6.07, 6.45) is 5.32. The molecule has 1 saturated carbocycles. The maximum Gasteiger partial charge on any atom is 0.0728 e. The van der Waals surface area contributed by atoms with E-state index in [1.54, 1.807) is 0 Å². The Balaban J connectivity index is 2.18. The highest BCUT2D eigenvalue weighted by Gasteiger charge is 2.33. The summed E-state index contributed by atoms with van der Waals surface area (Å²) in [4.78, 5) is 0.